The summed E-state index contributed by atoms with van der Waals surface area (Å²) in [7, 11) is 0. The van der Waals surface area contributed by atoms with Crippen LogP contribution in [0.1, 0.15) is 40.0 Å². The SMILES string of the molecule is CCCNC(CO)CCN1CCC(N(CC)CC)C1. The quantitative estimate of drug-likeness (QED) is 0.625. The molecule has 1 fully saturated rings. The molecule has 2 unspecified atom stereocenters. The maximum Gasteiger partial charge on any atom is 0.0585 e. The van der Waals surface area contributed by atoms with Crippen LogP contribution in [0.2, 0.25) is 0 Å². The van der Waals surface area contributed by atoms with Gasteiger partial charge in [0, 0.05) is 18.6 Å². The zero-order chi connectivity index (χ0) is 14.1. The van der Waals surface area contributed by atoms with Crippen molar-refractivity contribution < 1.29 is 5.11 Å². The Hall–Kier alpha value is -0.160. The van der Waals surface area contributed by atoms with Gasteiger partial charge in [-0.1, -0.05) is 20.8 Å². The van der Waals surface area contributed by atoms with Crippen molar-refractivity contribution in [3.05, 3.63) is 0 Å². The molecule has 0 saturated carbocycles. The molecule has 2 atom stereocenters. The summed E-state index contributed by atoms with van der Waals surface area (Å²) in [6.07, 6.45) is 3.49. The molecule has 4 heteroatoms. The topological polar surface area (TPSA) is 38.7 Å². The predicted molar refractivity (Wildman–Crippen MR) is 81.6 cm³/mol. The molecular weight excluding hydrogens is 238 g/mol. The van der Waals surface area contributed by atoms with Crippen LogP contribution in [0.25, 0.3) is 0 Å². The van der Waals surface area contributed by atoms with Crippen LogP contribution < -0.4 is 5.32 Å². The summed E-state index contributed by atoms with van der Waals surface area (Å²) in [5, 5.41) is 12.8. The van der Waals surface area contributed by atoms with E-state index in [1.807, 2.05) is 0 Å². The maximum atomic E-state index is 9.35. The molecule has 0 aromatic heterocycles. The highest BCUT2D eigenvalue weighted by atomic mass is 16.3. The van der Waals surface area contributed by atoms with E-state index in [2.05, 4.69) is 35.9 Å². The van der Waals surface area contributed by atoms with E-state index < -0.39 is 0 Å². The molecule has 114 valence electrons. The van der Waals surface area contributed by atoms with E-state index in [1.54, 1.807) is 0 Å². The van der Waals surface area contributed by atoms with Crippen LogP contribution in [0, 0.1) is 0 Å². The number of likely N-dealkylation sites (N-methyl/N-ethyl adjacent to an activating group) is 1. The van der Waals surface area contributed by atoms with E-state index in [1.165, 1.54) is 19.5 Å². The summed E-state index contributed by atoms with van der Waals surface area (Å²) in [6.45, 7) is 13.8. The van der Waals surface area contributed by atoms with E-state index >= 15 is 0 Å². The fraction of sp³-hybridized carbons (Fsp3) is 1.00. The lowest BCUT2D eigenvalue weighted by molar-refractivity contribution is 0.196. The largest absolute Gasteiger partial charge is 0.395 e. The second kappa shape index (κ2) is 9.70. The Bertz CT molecular complexity index is 221. The molecule has 1 aliphatic heterocycles. The molecule has 19 heavy (non-hydrogen) atoms. The Labute approximate surface area is 119 Å². The van der Waals surface area contributed by atoms with Crippen molar-refractivity contribution in [2.24, 2.45) is 0 Å². The third-order valence-electron chi connectivity index (χ3n) is 4.27. The molecular formula is C15H33N3O. The molecule has 0 radical (unpaired) electrons. The second-order valence-corrected chi connectivity index (χ2v) is 5.59. The van der Waals surface area contributed by atoms with E-state index in [0.717, 1.165) is 45.1 Å². The normalized spacial score (nSPS) is 22.3. The minimum absolute atomic E-state index is 0.257. The molecule has 4 nitrogen and oxygen atoms in total. The van der Waals surface area contributed by atoms with Gasteiger partial charge in [-0.3, -0.25) is 4.90 Å². The molecule has 0 bridgehead atoms. The average Bonchev–Trinajstić information content (AvgIpc) is 2.89. The Morgan fingerprint density at radius 1 is 1.32 bits per heavy atom. The minimum Gasteiger partial charge on any atom is -0.395 e. The van der Waals surface area contributed by atoms with E-state index in [4.69, 9.17) is 0 Å². The number of nitrogens with one attached hydrogen (secondary N) is 1. The van der Waals surface area contributed by atoms with E-state index in [-0.39, 0.29) is 12.6 Å². The lowest BCUT2D eigenvalue weighted by Crippen LogP contribution is -2.39. The first-order chi connectivity index (χ1) is 9.24. The van der Waals surface area contributed by atoms with Gasteiger partial charge in [-0.2, -0.15) is 0 Å². The number of hydrogen-bond donors (Lipinski definition) is 2. The van der Waals surface area contributed by atoms with Gasteiger partial charge in [0.15, 0.2) is 0 Å². The van der Waals surface area contributed by atoms with Gasteiger partial charge in [-0.05, 0) is 52.0 Å². The number of hydrogen-bond acceptors (Lipinski definition) is 4. The van der Waals surface area contributed by atoms with Gasteiger partial charge in [0.1, 0.15) is 0 Å². The van der Waals surface area contributed by atoms with Gasteiger partial charge < -0.3 is 15.3 Å². The molecule has 0 spiro atoms. The average molecular weight is 271 g/mol. The zero-order valence-corrected chi connectivity index (χ0v) is 13.1. The maximum absolute atomic E-state index is 9.35. The van der Waals surface area contributed by atoms with Crippen molar-refractivity contribution >= 4 is 0 Å². The molecule has 1 heterocycles. The Balaban J connectivity index is 2.23. The number of likely N-dealkylation sites (tertiary alicyclic amines) is 1. The van der Waals surface area contributed by atoms with Crippen molar-refractivity contribution in [3.63, 3.8) is 0 Å². The first-order valence-electron chi connectivity index (χ1n) is 8.05. The van der Waals surface area contributed by atoms with Gasteiger partial charge in [-0.15, -0.1) is 0 Å². The number of aliphatic hydroxyl groups is 1. The molecule has 2 N–H and O–H groups in total. The Morgan fingerprint density at radius 3 is 2.63 bits per heavy atom. The fourth-order valence-electron chi connectivity index (χ4n) is 3.00. The highest BCUT2D eigenvalue weighted by molar-refractivity contribution is 4.83. The smallest absolute Gasteiger partial charge is 0.0585 e. The lowest BCUT2D eigenvalue weighted by Gasteiger charge is -2.26. The number of rotatable bonds is 10. The summed E-state index contributed by atoms with van der Waals surface area (Å²) in [6, 6.07) is 1.01. The first-order valence-corrected chi connectivity index (χ1v) is 8.05. The van der Waals surface area contributed by atoms with Crippen LogP contribution in [0.3, 0.4) is 0 Å². The van der Waals surface area contributed by atoms with Gasteiger partial charge in [0.2, 0.25) is 0 Å². The molecule has 1 aliphatic rings. The van der Waals surface area contributed by atoms with Gasteiger partial charge >= 0.3 is 0 Å². The van der Waals surface area contributed by atoms with E-state index in [0.29, 0.717) is 0 Å². The third kappa shape index (κ3) is 5.78. The third-order valence-corrected chi connectivity index (χ3v) is 4.27. The van der Waals surface area contributed by atoms with Crippen LogP contribution >= 0.6 is 0 Å². The van der Waals surface area contributed by atoms with Crippen LogP contribution in [0.5, 0.6) is 0 Å². The monoisotopic (exact) mass is 271 g/mol. The van der Waals surface area contributed by atoms with Crippen molar-refractivity contribution in [2.45, 2.75) is 52.1 Å². The summed E-state index contributed by atoms with van der Waals surface area (Å²) >= 11 is 0. The van der Waals surface area contributed by atoms with Crippen LogP contribution in [-0.4, -0.2) is 72.9 Å². The minimum atomic E-state index is 0.257. The van der Waals surface area contributed by atoms with Crippen molar-refractivity contribution in [1.82, 2.24) is 15.1 Å². The number of aliphatic hydroxyl groups excluding tert-OH is 1. The van der Waals surface area contributed by atoms with Crippen molar-refractivity contribution in [2.75, 3.05) is 45.9 Å². The lowest BCUT2D eigenvalue weighted by atomic mass is 10.2. The van der Waals surface area contributed by atoms with E-state index in [9.17, 15) is 5.11 Å². The molecule has 0 aromatic rings. The summed E-state index contributed by atoms with van der Waals surface area (Å²) in [5.41, 5.74) is 0. The predicted octanol–water partition coefficient (Wildman–Crippen LogP) is 1.15. The van der Waals surface area contributed by atoms with Crippen LogP contribution in [-0.2, 0) is 0 Å². The van der Waals surface area contributed by atoms with Crippen molar-refractivity contribution in [3.8, 4) is 0 Å². The van der Waals surface area contributed by atoms with Gasteiger partial charge in [0.05, 0.1) is 6.61 Å². The van der Waals surface area contributed by atoms with Gasteiger partial charge in [0.25, 0.3) is 0 Å². The molecule has 1 saturated heterocycles. The summed E-state index contributed by atoms with van der Waals surface area (Å²) < 4.78 is 0. The second-order valence-electron chi connectivity index (χ2n) is 5.59. The van der Waals surface area contributed by atoms with Crippen molar-refractivity contribution in [1.29, 1.82) is 0 Å². The standard InChI is InChI=1S/C15H33N3O/c1-4-9-16-14(13-19)7-10-17-11-8-15(12-17)18(5-2)6-3/h14-16,19H,4-13H2,1-3H3. The van der Waals surface area contributed by atoms with Gasteiger partial charge in [-0.25, -0.2) is 0 Å². The zero-order valence-electron chi connectivity index (χ0n) is 13.1. The Morgan fingerprint density at radius 2 is 2.05 bits per heavy atom. The molecule has 0 aliphatic carbocycles. The highest BCUT2D eigenvalue weighted by Crippen LogP contribution is 2.15. The molecule has 0 aromatic carbocycles. The highest BCUT2D eigenvalue weighted by Gasteiger charge is 2.26. The summed E-state index contributed by atoms with van der Waals surface area (Å²) in [5.74, 6) is 0. The first kappa shape index (κ1) is 16.9. The van der Waals surface area contributed by atoms with Crippen LogP contribution in [0.15, 0.2) is 0 Å². The summed E-state index contributed by atoms with van der Waals surface area (Å²) in [4.78, 5) is 5.12. The number of nitrogens with zero attached hydrogens (tertiary/aromatic N) is 2. The fourth-order valence-corrected chi connectivity index (χ4v) is 3.00. The molecule has 1 rings (SSSR count). The Kier molecular flexibility index (Phi) is 8.62. The van der Waals surface area contributed by atoms with Crippen LogP contribution in [0.4, 0.5) is 0 Å². The molecule has 0 amide bonds.